The van der Waals surface area contributed by atoms with Crippen LogP contribution >= 0.6 is 38.9 Å². The monoisotopic (exact) mass is 343 g/mol. The highest BCUT2D eigenvalue weighted by atomic mass is 79.9. The summed E-state index contributed by atoms with van der Waals surface area (Å²) in [7, 11) is 0. The van der Waals surface area contributed by atoms with Crippen LogP contribution in [0.4, 0.5) is 5.69 Å². The Morgan fingerprint density at radius 1 is 1.39 bits per heavy atom. The molecule has 3 rings (SSSR count). The molecule has 2 heterocycles. The average Bonchev–Trinajstić information content (AvgIpc) is 2.94. The Hall–Kier alpha value is -0.710. The van der Waals surface area contributed by atoms with E-state index in [4.69, 9.17) is 16.3 Å². The maximum absolute atomic E-state index is 6.02. The number of nitrogens with one attached hydrogen (secondary N) is 1. The fraction of sp³-hybridized carbons (Fsp3) is 0.231. The van der Waals surface area contributed by atoms with E-state index in [1.807, 2.05) is 6.07 Å². The zero-order chi connectivity index (χ0) is 12.5. The van der Waals surface area contributed by atoms with E-state index in [1.165, 1.54) is 10.4 Å². The summed E-state index contributed by atoms with van der Waals surface area (Å²) in [5.41, 5.74) is 2.41. The Labute approximate surface area is 123 Å². The zero-order valence-electron chi connectivity index (χ0n) is 9.50. The van der Waals surface area contributed by atoms with Crippen molar-refractivity contribution in [2.45, 2.75) is 13.0 Å². The first-order chi connectivity index (χ1) is 8.72. The van der Waals surface area contributed by atoms with Gasteiger partial charge in [-0.2, -0.15) is 0 Å². The second-order valence-corrected chi connectivity index (χ2v) is 6.70. The number of thiophene rings is 1. The van der Waals surface area contributed by atoms with Crippen LogP contribution in [-0.2, 0) is 13.0 Å². The van der Waals surface area contributed by atoms with Crippen LogP contribution in [-0.4, -0.2) is 6.61 Å². The molecule has 0 amide bonds. The van der Waals surface area contributed by atoms with Gasteiger partial charge in [-0.15, -0.1) is 11.3 Å². The number of hydrogen-bond acceptors (Lipinski definition) is 3. The van der Waals surface area contributed by atoms with Gasteiger partial charge in [0.05, 0.1) is 6.61 Å². The number of ether oxygens (including phenoxy) is 1. The molecule has 0 radical (unpaired) electrons. The first-order valence-corrected chi connectivity index (χ1v) is 7.64. The average molecular weight is 345 g/mol. The van der Waals surface area contributed by atoms with Crippen LogP contribution in [0.15, 0.2) is 28.7 Å². The summed E-state index contributed by atoms with van der Waals surface area (Å²) >= 11 is 11.0. The van der Waals surface area contributed by atoms with Crippen molar-refractivity contribution in [3.63, 3.8) is 0 Å². The molecular formula is C13H11BrClNOS. The molecule has 2 nitrogen and oxygen atoms in total. The van der Waals surface area contributed by atoms with E-state index in [1.54, 1.807) is 11.3 Å². The topological polar surface area (TPSA) is 21.3 Å². The minimum absolute atomic E-state index is 0.787. The highest BCUT2D eigenvalue weighted by molar-refractivity contribution is 9.10. The molecule has 0 aliphatic carbocycles. The molecule has 1 aromatic heterocycles. The van der Waals surface area contributed by atoms with Gasteiger partial charge in [0.15, 0.2) is 0 Å². The van der Waals surface area contributed by atoms with Gasteiger partial charge in [0.2, 0.25) is 0 Å². The van der Waals surface area contributed by atoms with Gasteiger partial charge in [-0.05, 0) is 45.8 Å². The fourth-order valence-electron chi connectivity index (χ4n) is 1.96. The van der Waals surface area contributed by atoms with Crippen LogP contribution in [0.1, 0.15) is 10.4 Å². The van der Waals surface area contributed by atoms with E-state index in [-0.39, 0.29) is 0 Å². The Balaban J connectivity index is 1.70. The molecule has 0 spiro atoms. The summed E-state index contributed by atoms with van der Waals surface area (Å²) in [4.78, 5) is 1.21. The molecule has 1 N–H and O–H groups in total. The predicted molar refractivity (Wildman–Crippen MR) is 80.0 cm³/mol. The summed E-state index contributed by atoms with van der Waals surface area (Å²) in [5, 5.41) is 3.41. The van der Waals surface area contributed by atoms with Gasteiger partial charge in [0.25, 0.3) is 0 Å². The van der Waals surface area contributed by atoms with Gasteiger partial charge in [0, 0.05) is 28.0 Å². The third-order valence-corrected chi connectivity index (χ3v) is 5.33. The fourth-order valence-corrected chi connectivity index (χ4v) is 3.69. The summed E-state index contributed by atoms with van der Waals surface area (Å²) in [6, 6.07) is 8.29. The van der Waals surface area contributed by atoms with Gasteiger partial charge in [-0.3, -0.25) is 0 Å². The normalized spacial score (nSPS) is 13.2. The summed E-state index contributed by atoms with van der Waals surface area (Å²) in [6.45, 7) is 1.59. The number of hydrogen-bond donors (Lipinski definition) is 1. The number of fused-ring (bicyclic) bond motifs is 1. The Morgan fingerprint density at radius 3 is 3.06 bits per heavy atom. The molecule has 0 bridgehead atoms. The highest BCUT2D eigenvalue weighted by Gasteiger charge is 2.12. The van der Waals surface area contributed by atoms with Crippen LogP contribution in [0.3, 0.4) is 0 Å². The molecule has 18 heavy (non-hydrogen) atoms. The molecule has 0 unspecified atom stereocenters. The number of benzene rings is 1. The van der Waals surface area contributed by atoms with Crippen molar-refractivity contribution in [3.05, 3.63) is 43.5 Å². The van der Waals surface area contributed by atoms with Crippen LogP contribution < -0.4 is 10.1 Å². The molecular weight excluding hydrogens is 334 g/mol. The summed E-state index contributed by atoms with van der Waals surface area (Å²) in [5.74, 6) is 1.02. The van der Waals surface area contributed by atoms with Gasteiger partial charge in [-0.1, -0.05) is 11.6 Å². The van der Waals surface area contributed by atoms with E-state index in [9.17, 15) is 0 Å². The lowest BCUT2D eigenvalue weighted by molar-refractivity contribution is 0.357. The minimum Gasteiger partial charge on any atom is -0.493 e. The third kappa shape index (κ3) is 2.51. The molecule has 0 fully saturated rings. The first-order valence-electron chi connectivity index (χ1n) is 5.66. The molecule has 5 heteroatoms. The maximum Gasteiger partial charge on any atom is 0.122 e. The molecule has 1 aliphatic rings. The van der Waals surface area contributed by atoms with Crippen molar-refractivity contribution in [1.29, 1.82) is 0 Å². The van der Waals surface area contributed by atoms with Crippen molar-refractivity contribution >= 4 is 44.6 Å². The maximum atomic E-state index is 6.02. The quantitative estimate of drug-likeness (QED) is 0.870. The van der Waals surface area contributed by atoms with Crippen molar-refractivity contribution in [1.82, 2.24) is 0 Å². The van der Waals surface area contributed by atoms with E-state index >= 15 is 0 Å². The molecule has 2 aromatic rings. The van der Waals surface area contributed by atoms with Crippen molar-refractivity contribution < 1.29 is 4.74 Å². The van der Waals surface area contributed by atoms with Crippen molar-refractivity contribution in [2.24, 2.45) is 0 Å². The SMILES string of the molecule is Clc1sc(CNc2ccc3c(c2)CCO3)cc1Br. The number of rotatable bonds is 3. The Morgan fingerprint density at radius 2 is 2.28 bits per heavy atom. The van der Waals surface area contributed by atoms with Crippen LogP contribution in [0.25, 0.3) is 0 Å². The molecule has 1 aromatic carbocycles. The third-order valence-electron chi connectivity index (χ3n) is 2.85. The smallest absolute Gasteiger partial charge is 0.122 e. The minimum atomic E-state index is 0.787. The molecule has 0 saturated carbocycles. The lowest BCUT2D eigenvalue weighted by Crippen LogP contribution is -1.97. The second-order valence-electron chi connectivity index (χ2n) is 4.11. The summed E-state index contributed by atoms with van der Waals surface area (Å²) in [6.07, 6.45) is 1.00. The second kappa shape index (κ2) is 5.11. The summed E-state index contributed by atoms with van der Waals surface area (Å²) < 4.78 is 7.25. The van der Waals surface area contributed by atoms with Crippen LogP contribution in [0, 0.1) is 0 Å². The largest absolute Gasteiger partial charge is 0.493 e. The highest BCUT2D eigenvalue weighted by Crippen LogP contribution is 2.33. The molecule has 94 valence electrons. The van der Waals surface area contributed by atoms with Gasteiger partial charge >= 0.3 is 0 Å². The Bertz CT molecular complexity index is 565. The van der Waals surface area contributed by atoms with Gasteiger partial charge in [0.1, 0.15) is 10.1 Å². The van der Waals surface area contributed by atoms with Crippen LogP contribution in [0.5, 0.6) is 5.75 Å². The zero-order valence-corrected chi connectivity index (χ0v) is 12.7. The van der Waals surface area contributed by atoms with E-state index < -0.39 is 0 Å². The van der Waals surface area contributed by atoms with E-state index in [2.05, 4.69) is 39.4 Å². The van der Waals surface area contributed by atoms with Crippen molar-refractivity contribution in [2.75, 3.05) is 11.9 Å². The standard InChI is InChI=1S/C13H11BrClNOS/c14-11-6-10(18-13(11)15)7-16-9-1-2-12-8(5-9)3-4-17-12/h1-2,5-6,16H,3-4,7H2. The predicted octanol–water partition coefficient (Wildman–Crippen LogP) is 4.71. The van der Waals surface area contributed by atoms with Gasteiger partial charge in [-0.25, -0.2) is 0 Å². The Kier molecular flexibility index (Phi) is 3.50. The van der Waals surface area contributed by atoms with E-state index in [0.29, 0.717) is 0 Å². The molecule has 0 saturated heterocycles. The van der Waals surface area contributed by atoms with Crippen LogP contribution in [0.2, 0.25) is 4.34 Å². The lowest BCUT2D eigenvalue weighted by atomic mass is 10.1. The molecule has 1 aliphatic heterocycles. The first kappa shape index (κ1) is 12.3. The lowest BCUT2D eigenvalue weighted by Gasteiger charge is -2.06. The number of anilines is 1. The molecule has 0 atom stereocenters. The van der Waals surface area contributed by atoms with Crippen molar-refractivity contribution in [3.8, 4) is 5.75 Å². The number of halogens is 2. The van der Waals surface area contributed by atoms with Gasteiger partial charge < -0.3 is 10.1 Å². The van der Waals surface area contributed by atoms with E-state index in [0.717, 1.165) is 39.8 Å².